The number of thiophene rings is 1. The topological polar surface area (TPSA) is 62.5 Å². The van der Waals surface area contributed by atoms with Crippen molar-refractivity contribution in [2.75, 3.05) is 0 Å². The van der Waals surface area contributed by atoms with Gasteiger partial charge in [0.15, 0.2) is 5.78 Å². The van der Waals surface area contributed by atoms with Crippen LogP contribution in [0.4, 0.5) is 5.13 Å². The Labute approximate surface area is 160 Å². The molecule has 3 rings (SSSR count). The minimum Gasteiger partial charge on any atom is -0.507 e. The fourth-order valence-corrected chi connectivity index (χ4v) is 3.54. The lowest BCUT2D eigenvalue weighted by atomic mass is 9.96. The van der Waals surface area contributed by atoms with E-state index in [1.807, 2.05) is 42.8 Å². The van der Waals surface area contributed by atoms with Crippen molar-refractivity contribution >= 4 is 45.9 Å². The molecule has 0 unspecified atom stereocenters. The van der Waals surface area contributed by atoms with Crippen LogP contribution >= 0.6 is 22.7 Å². The highest BCUT2D eigenvalue weighted by Gasteiger charge is 2.12. The smallest absolute Gasteiger partial charge is 0.209 e. The lowest BCUT2D eigenvalue weighted by Crippen LogP contribution is -1.95. The number of hydrogen-bond acceptors (Lipinski definition) is 6. The number of aromatic hydroxyl groups is 1. The zero-order valence-corrected chi connectivity index (χ0v) is 16.1. The molecule has 0 bridgehead atoms. The second kappa shape index (κ2) is 8.21. The number of carbonyl (C=O) groups is 1. The third-order valence-corrected chi connectivity index (χ3v) is 5.30. The Morgan fingerprint density at radius 1 is 1.27 bits per heavy atom. The first-order valence-corrected chi connectivity index (χ1v) is 9.87. The van der Waals surface area contributed by atoms with Crippen molar-refractivity contribution in [1.29, 1.82) is 0 Å². The standard InChI is InChI=1S/C20H18N2O2S2/c1-13(2)16-11-14(5-6-17(23)18-4-3-8-25-18)10-15(19(16)24)12-22-20-21-7-9-26-20/h3-13,24H,1-2H3/b6-5+,22-12+. The molecule has 1 N–H and O–H groups in total. The van der Waals surface area contributed by atoms with E-state index in [4.69, 9.17) is 0 Å². The molecule has 2 aromatic heterocycles. The van der Waals surface area contributed by atoms with Gasteiger partial charge in [0.2, 0.25) is 5.13 Å². The maximum absolute atomic E-state index is 12.2. The fourth-order valence-electron chi connectivity index (χ4n) is 2.42. The van der Waals surface area contributed by atoms with Crippen LogP contribution in [0.2, 0.25) is 0 Å². The van der Waals surface area contributed by atoms with Gasteiger partial charge in [-0.2, -0.15) is 0 Å². The lowest BCUT2D eigenvalue weighted by Gasteiger charge is -2.12. The normalized spacial score (nSPS) is 11.8. The minimum absolute atomic E-state index is 0.0304. The number of aromatic nitrogens is 1. The monoisotopic (exact) mass is 382 g/mol. The first-order valence-electron chi connectivity index (χ1n) is 8.11. The van der Waals surface area contributed by atoms with E-state index < -0.39 is 0 Å². The van der Waals surface area contributed by atoms with Gasteiger partial charge in [-0.15, -0.1) is 22.7 Å². The number of ketones is 1. The number of allylic oxidation sites excluding steroid dienone is 1. The molecule has 26 heavy (non-hydrogen) atoms. The highest BCUT2D eigenvalue weighted by molar-refractivity contribution is 7.13. The molecule has 2 heterocycles. The molecular weight excluding hydrogens is 364 g/mol. The predicted molar refractivity (Wildman–Crippen MR) is 109 cm³/mol. The van der Waals surface area contributed by atoms with Crippen molar-refractivity contribution < 1.29 is 9.90 Å². The van der Waals surface area contributed by atoms with Crippen LogP contribution < -0.4 is 0 Å². The fraction of sp³-hybridized carbons (Fsp3) is 0.150. The van der Waals surface area contributed by atoms with Crippen molar-refractivity contribution in [2.45, 2.75) is 19.8 Å². The van der Waals surface area contributed by atoms with Crippen molar-refractivity contribution in [1.82, 2.24) is 4.98 Å². The average molecular weight is 383 g/mol. The molecule has 0 aliphatic rings. The summed E-state index contributed by atoms with van der Waals surface area (Å²) in [5.41, 5.74) is 2.27. The molecule has 1 aromatic carbocycles. The predicted octanol–water partition coefficient (Wildman–Crippen LogP) is 5.68. The summed E-state index contributed by atoms with van der Waals surface area (Å²) in [5.74, 6) is 0.322. The van der Waals surface area contributed by atoms with Gasteiger partial charge in [-0.05, 0) is 46.7 Å². The first-order chi connectivity index (χ1) is 12.5. The summed E-state index contributed by atoms with van der Waals surface area (Å²) in [4.78, 5) is 21.3. The van der Waals surface area contributed by atoms with Crippen LogP contribution in [0.3, 0.4) is 0 Å². The van der Waals surface area contributed by atoms with Crippen molar-refractivity contribution in [3.63, 3.8) is 0 Å². The van der Waals surface area contributed by atoms with E-state index in [0.717, 1.165) is 11.1 Å². The lowest BCUT2D eigenvalue weighted by molar-refractivity contribution is 0.105. The van der Waals surface area contributed by atoms with E-state index in [1.54, 1.807) is 30.6 Å². The maximum atomic E-state index is 12.2. The molecule has 0 radical (unpaired) electrons. The average Bonchev–Trinajstić information content (AvgIpc) is 3.32. The largest absolute Gasteiger partial charge is 0.507 e. The molecule has 0 saturated heterocycles. The van der Waals surface area contributed by atoms with Crippen LogP contribution in [0.25, 0.3) is 6.08 Å². The highest BCUT2D eigenvalue weighted by Crippen LogP contribution is 2.31. The number of nitrogens with zero attached hydrogens (tertiary/aromatic N) is 2. The van der Waals surface area contributed by atoms with Gasteiger partial charge in [-0.1, -0.05) is 26.0 Å². The Morgan fingerprint density at radius 2 is 2.12 bits per heavy atom. The molecule has 0 amide bonds. The summed E-state index contributed by atoms with van der Waals surface area (Å²) in [6.45, 7) is 4.03. The van der Waals surface area contributed by atoms with Crippen molar-refractivity contribution in [2.24, 2.45) is 4.99 Å². The molecule has 0 atom stereocenters. The number of phenols is 1. The zero-order valence-electron chi connectivity index (χ0n) is 14.4. The van der Waals surface area contributed by atoms with Gasteiger partial charge in [0.1, 0.15) is 5.75 Å². The number of thiazole rings is 1. The van der Waals surface area contributed by atoms with Crippen LogP contribution in [0, 0.1) is 0 Å². The molecule has 0 fully saturated rings. The second-order valence-electron chi connectivity index (χ2n) is 5.95. The number of rotatable bonds is 6. The van der Waals surface area contributed by atoms with Gasteiger partial charge < -0.3 is 5.11 Å². The van der Waals surface area contributed by atoms with Gasteiger partial charge in [0, 0.05) is 23.4 Å². The first kappa shape index (κ1) is 18.2. The SMILES string of the molecule is CC(C)c1cc(/C=C/C(=O)c2cccs2)cc(/C=N/c2nccs2)c1O. The third kappa shape index (κ3) is 4.33. The van der Waals surface area contributed by atoms with E-state index in [2.05, 4.69) is 9.98 Å². The molecule has 0 aliphatic heterocycles. The van der Waals surface area contributed by atoms with Gasteiger partial charge in [0.25, 0.3) is 0 Å². The molecule has 0 spiro atoms. The number of hydrogen-bond donors (Lipinski definition) is 1. The maximum Gasteiger partial charge on any atom is 0.209 e. The van der Waals surface area contributed by atoms with Crippen LogP contribution in [0.1, 0.15) is 46.1 Å². The Kier molecular flexibility index (Phi) is 5.75. The number of benzene rings is 1. The Hall–Kier alpha value is -2.57. The molecule has 6 heteroatoms. The zero-order chi connectivity index (χ0) is 18.5. The van der Waals surface area contributed by atoms with E-state index >= 15 is 0 Å². The Balaban J connectivity index is 1.93. The van der Waals surface area contributed by atoms with E-state index in [-0.39, 0.29) is 17.5 Å². The third-order valence-electron chi connectivity index (χ3n) is 3.74. The van der Waals surface area contributed by atoms with E-state index in [9.17, 15) is 9.90 Å². The number of carbonyl (C=O) groups excluding carboxylic acids is 1. The summed E-state index contributed by atoms with van der Waals surface area (Å²) in [5, 5.41) is 14.9. The van der Waals surface area contributed by atoms with Gasteiger partial charge in [-0.25, -0.2) is 9.98 Å². The summed E-state index contributed by atoms with van der Waals surface area (Å²) in [7, 11) is 0. The minimum atomic E-state index is -0.0304. The second-order valence-corrected chi connectivity index (χ2v) is 7.77. The number of phenolic OH excluding ortho intramolecular Hbond substituents is 1. The molecule has 3 aromatic rings. The van der Waals surface area contributed by atoms with Crippen LogP contribution in [-0.4, -0.2) is 22.1 Å². The van der Waals surface area contributed by atoms with E-state index in [1.165, 1.54) is 22.7 Å². The highest BCUT2D eigenvalue weighted by atomic mass is 32.1. The summed E-state index contributed by atoms with van der Waals surface area (Å²) in [6, 6.07) is 7.38. The van der Waals surface area contributed by atoms with Crippen LogP contribution in [0.5, 0.6) is 5.75 Å². The van der Waals surface area contributed by atoms with Crippen LogP contribution in [-0.2, 0) is 0 Å². The summed E-state index contributed by atoms with van der Waals surface area (Å²) >= 11 is 2.85. The molecular formula is C20H18N2O2S2. The summed E-state index contributed by atoms with van der Waals surface area (Å²) in [6.07, 6.45) is 6.63. The molecule has 4 nitrogen and oxygen atoms in total. The van der Waals surface area contributed by atoms with E-state index in [0.29, 0.717) is 15.6 Å². The Bertz CT molecular complexity index is 941. The van der Waals surface area contributed by atoms with Crippen molar-refractivity contribution in [3.8, 4) is 5.75 Å². The Morgan fingerprint density at radius 3 is 2.77 bits per heavy atom. The number of aliphatic imine (C=N–C) groups is 1. The van der Waals surface area contributed by atoms with Gasteiger partial charge in [-0.3, -0.25) is 4.79 Å². The van der Waals surface area contributed by atoms with Crippen molar-refractivity contribution in [3.05, 3.63) is 68.9 Å². The van der Waals surface area contributed by atoms with Crippen LogP contribution in [0.15, 0.2) is 52.3 Å². The van der Waals surface area contributed by atoms with Gasteiger partial charge in [0.05, 0.1) is 4.88 Å². The van der Waals surface area contributed by atoms with Gasteiger partial charge >= 0.3 is 0 Å². The molecule has 0 aliphatic carbocycles. The molecule has 132 valence electrons. The summed E-state index contributed by atoms with van der Waals surface area (Å²) < 4.78 is 0. The molecule has 0 saturated carbocycles. The quantitative estimate of drug-likeness (QED) is 0.339.